The number of nitrogens with zero attached hydrogens (tertiary/aromatic N) is 5. The van der Waals surface area contributed by atoms with Crippen LogP contribution in [-0.2, 0) is 11.3 Å². The second-order valence-electron chi connectivity index (χ2n) is 8.43. The number of hydrogen-bond donors (Lipinski definition) is 1. The number of nitrogens with one attached hydrogen (secondary N) is 1. The number of fused-ring (bicyclic) bond motifs is 1. The van der Waals surface area contributed by atoms with Crippen molar-refractivity contribution in [1.82, 2.24) is 24.9 Å². The number of carbonyl (C=O) groups is 2. The Bertz CT molecular complexity index is 833. The summed E-state index contributed by atoms with van der Waals surface area (Å²) in [6.45, 7) is 9.67. The summed E-state index contributed by atoms with van der Waals surface area (Å²) in [5.74, 6) is 0.627. The molecule has 0 aromatic heterocycles. The number of hydrogen-bond acceptors (Lipinski definition) is 6. The molecule has 0 radical (unpaired) electrons. The van der Waals surface area contributed by atoms with E-state index in [1.807, 2.05) is 0 Å². The Hall–Kier alpha value is -2.61. The zero-order chi connectivity index (χ0) is 21.3. The fourth-order valence-corrected chi connectivity index (χ4v) is 4.48. The molecule has 0 saturated carbocycles. The van der Waals surface area contributed by atoms with E-state index in [0.29, 0.717) is 0 Å². The lowest BCUT2D eigenvalue weighted by Crippen LogP contribution is -2.64. The number of rotatable bonds is 5. The maximum absolute atomic E-state index is 12.6. The molecule has 2 saturated heterocycles. The minimum Gasteiger partial charge on any atom is -0.340 e. The predicted octanol–water partition coefficient (Wildman–Crippen LogP) is 1.46. The highest BCUT2D eigenvalue weighted by Gasteiger charge is 2.49. The number of imide groups is 1. The third-order valence-corrected chi connectivity index (χ3v) is 6.40. The first-order valence-corrected chi connectivity index (χ1v) is 10.9. The van der Waals surface area contributed by atoms with Gasteiger partial charge in [-0.25, -0.2) is 9.79 Å². The number of aliphatic imine (C=N–C) groups is 1. The summed E-state index contributed by atoms with van der Waals surface area (Å²) in [7, 11) is 1.71. The van der Waals surface area contributed by atoms with E-state index in [2.05, 4.69) is 58.1 Å². The van der Waals surface area contributed by atoms with Crippen molar-refractivity contribution in [2.75, 3.05) is 39.8 Å². The predicted molar refractivity (Wildman–Crippen MR) is 116 cm³/mol. The number of amides is 3. The molecule has 2 atom stereocenters. The van der Waals surface area contributed by atoms with Crippen molar-refractivity contribution in [2.24, 2.45) is 4.99 Å². The molecule has 2 fully saturated rings. The molecule has 0 aliphatic carbocycles. The van der Waals surface area contributed by atoms with Crippen LogP contribution in [0.2, 0.25) is 0 Å². The quantitative estimate of drug-likeness (QED) is 0.793. The summed E-state index contributed by atoms with van der Waals surface area (Å²) >= 11 is 0. The zero-order valence-corrected chi connectivity index (χ0v) is 18.2. The van der Waals surface area contributed by atoms with Gasteiger partial charge in [0.2, 0.25) is 0 Å². The van der Waals surface area contributed by atoms with Crippen LogP contribution in [0.1, 0.15) is 30.9 Å². The number of benzene rings is 1. The highest BCUT2D eigenvalue weighted by Crippen LogP contribution is 2.26. The van der Waals surface area contributed by atoms with E-state index in [-0.39, 0.29) is 11.9 Å². The van der Waals surface area contributed by atoms with E-state index in [1.54, 1.807) is 11.9 Å². The lowest BCUT2D eigenvalue weighted by atomic mass is 10.1. The van der Waals surface area contributed by atoms with Crippen molar-refractivity contribution in [2.45, 2.75) is 45.4 Å². The number of urea groups is 1. The SMILES string of the molecule is CCCCN1C(N2CCN(Cc3ccccc3C)CC2)=NC2C1C(=O)NC(=O)N2C. The maximum atomic E-state index is 12.6. The average molecular weight is 413 g/mol. The Balaban J connectivity index is 1.46. The molecule has 3 aliphatic heterocycles. The van der Waals surface area contributed by atoms with Crippen molar-refractivity contribution in [3.63, 3.8) is 0 Å². The highest BCUT2D eigenvalue weighted by atomic mass is 16.2. The van der Waals surface area contributed by atoms with Gasteiger partial charge >= 0.3 is 6.03 Å². The molecular formula is C22H32N6O2. The van der Waals surface area contributed by atoms with Gasteiger partial charge in [0, 0.05) is 46.3 Å². The first-order valence-electron chi connectivity index (χ1n) is 10.9. The van der Waals surface area contributed by atoms with Crippen molar-refractivity contribution in [3.05, 3.63) is 35.4 Å². The molecule has 8 nitrogen and oxygen atoms in total. The number of aryl methyl sites for hydroxylation is 1. The number of piperazine rings is 1. The van der Waals surface area contributed by atoms with E-state index < -0.39 is 12.2 Å². The highest BCUT2D eigenvalue weighted by molar-refractivity contribution is 6.03. The van der Waals surface area contributed by atoms with Crippen molar-refractivity contribution < 1.29 is 9.59 Å². The van der Waals surface area contributed by atoms with Crippen LogP contribution in [0.15, 0.2) is 29.3 Å². The molecule has 8 heteroatoms. The lowest BCUT2D eigenvalue weighted by Gasteiger charge is -2.40. The molecule has 1 aromatic carbocycles. The third kappa shape index (κ3) is 3.88. The molecule has 0 bridgehead atoms. The Morgan fingerprint density at radius 3 is 2.57 bits per heavy atom. The van der Waals surface area contributed by atoms with Gasteiger partial charge in [0.15, 0.2) is 18.2 Å². The minimum absolute atomic E-state index is 0.240. The number of carbonyl (C=O) groups excluding carboxylic acids is 2. The van der Waals surface area contributed by atoms with Crippen LogP contribution in [0.3, 0.4) is 0 Å². The Kier molecular flexibility index (Phi) is 5.94. The summed E-state index contributed by atoms with van der Waals surface area (Å²) in [5, 5.41) is 2.48. The number of likely N-dealkylation sites (N-methyl/N-ethyl adjacent to an activating group) is 1. The van der Waals surface area contributed by atoms with Gasteiger partial charge in [-0.2, -0.15) is 0 Å². The van der Waals surface area contributed by atoms with Crippen LogP contribution >= 0.6 is 0 Å². The van der Waals surface area contributed by atoms with E-state index in [4.69, 9.17) is 4.99 Å². The lowest BCUT2D eigenvalue weighted by molar-refractivity contribution is -0.127. The Morgan fingerprint density at radius 1 is 1.13 bits per heavy atom. The van der Waals surface area contributed by atoms with Crippen LogP contribution in [0.25, 0.3) is 0 Å². The molecule has 0 spiro atoms. The average Bonchev–Trinajstić information content (AvgIpc) is 3.13. The molecule has 2 unspecified atom stereocenters. The summed E-state index contributed by atoms with van der Waals surface area (Å²) < 4.78 is 0. The third-order valence-electron chi connectivity index (χ3n) is 6.40. The van der Waals surface area contributed by atoms with Crippen LogP contribution in [0.5, 0.6) is 0 Å². The van der Waals surface area contributed by atoms with Crippen LogP contribution < -0.4 is 5.32 Å². The summed E-state index contributed by atoms with van der Waals surface area (Å²) in [4.78, 5) is 38.0. The summed E-state index contributed by atoms with van der Waals surface area (Å²) in [6.07, 6.45) is 1.59. The topological polar surface area (TPSA) is 71.5 Å². The molecule has 3 aliphatic rings. The smallest absolute Gasteiger partial charge is 0.325 e. The largest absolute Gasteiger partial charge is 0.340 e. The monoisotopic (exact) mass is 412 g/mol. The second kappa shape index (κ2) is 8.63. The number of guanidine groups is 1. The van der Waals surface area contributed by atoms with Gasteiger partial charge < -0.3 is 14.7 Å². The first kappa shape index (κ1) is 20.7. The fourth-order valence-electron chi connectivity index (χ4n) is 4.48. The van der Waals surface area contributed by atoms with Gasteiger partial charge in [0.25, 0.3) is 5.91 Å². The Morgan fingerprint density at radius 2 is 1.87 bits per heavy atom. The van der Waals surface area contributed by atoms with Crippen molar-refractivity contribution >= 4 is 17.9 Å². The second-order valence-corrected chi connectivity index (χ2v) is 8.43. The molecule has 3 amide bonds. The van der Waals surface area contributed by atoms with E-state index in [1.165, 1.54) is 11.1 Å². The summed E-state index contributed by atoms with van der Waals surface area (Å²) in [6, 6.07) is 7.74. The van der Waals surface area contributed by atoms with Gasteiger partial charge in [-0.15, -0.1) is 0 Å². The first-order chi connectivity index (χ1) is 14.5. The molecule has 3 heterocycles. The normalized spacial score (nSPS) is 24.8. The van der Waals surface area contributed by atoms with Gasteiger partial charge in [-0.05, 0) is 24.5 Å². The van der Waals surface area contributed by atoms with E-state index in [0.717, 1.165) is 58.1 Å². The fraction of sp³-hybridized carbons (Fsp3) is 0.591. The molecule has 162 valence electrons. The van der Waals surface area contributed by atoms with Crippen LogP contribution in [-0.4, -0.2) is 89.5 Å². The molecule has 1 aromatic rings. The van der Waals surface area contributed by atoms with Crippen LogP contribution in [0, 0.1) is 6.92 Å². The number of unbranched alkanes of at least 4 members (excludes halogenated alkanes) is 1. The van der Waals surface area contributed by atoms with Gasteiger partial charge in [0.1, 0.15) is 0 Å². The molecule has 1 N–H and O–H groups in total. The molecule has 30 heavy (non-hydrogen) atoms. The standard InChI is InChI=1S/C22H32N6O2/c1-4-5-10-28-18-19(25(3)22(30)24-20(18)29)23-21(28)27-13-11-26(12-14-27)15-17-9-7-6-8-16(17)2/h6-9,18-19H,4-5,10-15H2,1-3H3,(H,24,29,30). The van der Waals surface area contributed by atoms with Gasteiger partial charge in [0.05, 0.1) is 0 Å². The minimum atomic E-state index is -0.442. The van der Waals surface area contributed by atoms with Crippen molar-refractivity contribution in [1.29, 1.82) is 0 Å². The maximum Gasteiger partial charge on any atom is 0.325 e. The van der Waals surface area contributed by atoms with Crippen molar-refractivity contribution in [3.8, 4) is 0 Å². The zero-order valence-electron chi connectivity index (χ0n) is 18.2. The molecular weight excluding hydrogens is 380 g/mol. The van der Waals surface area contributed by atoms with Crippen LogP contribution in [0.4, 0.5) is 4.79 Å². The summed E-state index contributed by atoms with van der Waals surface area (Å²) in [5.41, 5.74) is 2.70. The Labute approximate surface area is 178 Å². The van der Waals surface area contributed by atoms with E-state index in [9.17, 15) is 9.59 Å². The molecule has 4 rings (SSSR count). The van der Waals surface area contributed by atoms with Gasteiger partial charge in [-0.1, -0.05) is 37.6 Å². The van der Waals surface area contributed by atoms with Gasteiger partial charge in [-0.3, -0.25) is 15.0 Å². The van der Waals surface area contributed by atoms with E-state index >= 15 is 0 Å².